The number of halogens is 1. The molecule has 9 heteroatoms. The number of aromatic nitrogens is 3. The van der Waals surface area contributed by atoms with Gasteiger partial charge in [0.05, 0.1) is 0 Å². The van der Waals surface area contributed by atoms with E-state index in [-0.39, 0.29) is 21.7 Å². The van der Waals surface area contributed by atoms with E-state index in [9.17, 15) is 0 Å². The van der Waals surface area contributed by atoms with Gasteiger partial charge in [0, 0.05) is 11.1 Å². The highest BCUT2D eigenvalue weighted by atomic mass is 35.5. The number of benzene rings is 6. The lowest BCUT2D eigenvalue weighted by Gasteiger charge is -2.21. The summed E-state index contributed by atoms with van der Waals surface area (Å²) in [5.41, 5.74) is 6.46. The minimum atomic E-state index is 0.112. The maximum atomic E-state index is 6.49. The average Bonchev–Trinajstić information content (AvgIpc) is 3.06. The Kier molecular flexibility index (Phi) is 7.18. The first-order valence-corrected chi connectivity index (χ1v) is 14.2. The molecular formula is C35H17B5ClN3. The summed E-state index contributed by atoms with van der Waals surface area (Å²) in [5.74, 6) is 0.963. The van der Waals surface area contributed by atoms with E-state index in [1.54, 1.807) is 0 Å². The fourth-order valence-corrected chi connectivity index (χ4v) is 5.84. The number of fused-ring (bicyclic) bond motifs is 2. The zero-order valence-electron chi connectivity index (χ0n) is 23.4. The Bertz CT molecular complexity index is 2230. The first-order valence-electron chi connectivity index (χ1n) is 13.8. The Hall–Kier alpha value is -4.54. The van der Waals surface area contributed by atoms with Crippen LogP contribution in [0.5, 0.6) is 0 Å². The van der Waals surface area contributed by atoms with Crippen LogP contribution in [0.1, 0.15) is 0 Å². The van der Waals surface area contributed by atoms with Crippen molar-refractivity contribution in [3.63, 3.8) is 0 Å². The van der Waals surface area contributed by atoms with Gasteiger partial charge in [-0.1, -0.05) is 102 Å². The molecule has 0 aliphatic rings. The van der Waals surface area contributed by atoms with Crippen molar-refractivity contribution in [1.29, 1.82) is 0 Å². The van der Waals surface area contributed by atoms with Crippen molar-refractivity contribution in [3.8, 4) is 45.0 Å². The van der Waals surface area contributed by atoms with Crippen LogP contribution in [-0.2, 0) is 0 Å². The van der Waals surface area contributed by atoms with Crippen LogP contribution in [0, 0.1) is 0 Å². The second-order valence-electron chi connectivity index (χ2n) is 10.5. The third-order valence-corrected chi connectivity index (χ3v) is 8.11. The Labute approximate surface area is 267 Å². The lowest BCUT2D eigenvalue weighted by molar-refractivity contribution is 1.07. The van der Waals surface area contributed by atoms with Gasteiger partial charge in [0.15, 0.2) is 11.6 Å². The Morgan fingerprint density at radius 2 is 0.977 bits per heavy atom. The van der Waals surface area contributed by atoms with Crippen LogP contribution in [0.15, 0.2) is 103 Å². The highest BCUT2D eigenvalue weighted by molar-refractivity contribution is 6.68. The molecule has 0 saturated carbocycles. The van der Waals surface area contributed by atoms with Gasteiger partial charge in [-0.15, -0.1) is 16.4 Å². The van der Waals surface area contributed by atoms with Crippen molar-refractivity contribution in [3.05, 3.63) is 108 Å². The normalized spacial score (nSPS) is 11.3. The molecule has 0 aliphatic heterocycles. The van der Waals surface area contributed by atoms with Gasteiger partial charge in [-0.2, -0.15) is 9.97 Å². The van der Waals surface area contributed by atoms with Crippen LogP contribution in [0.4, 0.5) is 0 Å². The van der Waals surface area contributed by atoms with Gasteiger partial charge in [0.25, 0.3) is 0 Å². The highest BCUT2D eigenvalue weighted by Crippen LogP contribution is 2.35. The summed E-state index contributed by atoms with van der Waals surface area (Å²) in [6.45, 7) is 0. The number of hydrogen-bond donors (Lipinski definition) is 0. The second kappa shape index (κ2) is 11.2. The minimum Gasteiger partial charge on any atom is -0.208 e. The maximum absolute atomic E-state index is 6.49. The van der Waals surface area contributed by atoms with Crippen molar-refractivity contribution in [2.24, 2.45) is 0 Å². The summed E-state index contributed by atoms with van der Waals surface area (Å²) in [5, 5.41) is 4.14. The first kappa shape index (κ1) is 28.2. The summed E-state index contributed by atoms with van der Waals surface area (Å²) < 4.78 is 0. The van der Waals surface area contributed by atoms with Gasteiger partial charge in [-0.3, -0.25) is 0 Å². The SMILES string of the molecule is [B]c1c([B])c([B])c(-c2ccc3cc(-c4nc(Cl)nc(-c5cccc6c(-c7ccccc7)cccc56)n4)ccc3c2)c([B])c1[B]. The molecule has 0 fully saturated rings. The molecule has 1 heterocycles. The average molecular weight is 569 g/mol. The van der Waals surface area contributed by atoms with Crippen LogP contribution in [0.25, 0.3) is 66.6 Å². The molecule has 0 bridgehead atoms. The van der Waals surface area contributed by atoms with Crippen LogP contribution in [0.2, 0.25) is 5.28 Å². The maximum Gasteiger partial charge on any atom is 0.226 e. The molecule has 6 aromatic carbocycles. The molecule has 0 saturated heterocycles. The lowest BCUT2D eigenvalue weighted by Crippen LogP contribution is -2.55. The van der Waals surface area contributed by atoms with E-state index in [0.717, 1.165) is 49.4 Å². The monoisotopic (exact) mass is 569 g/mol. The van der Waals surface area contributed by atoms with Crippen LogP contribution < -0.4 is 27.3 Å². The topological polar surface area (TPSA) is 38.7 Å². The molecule has 0 amide bonds. The smallest absolute Gasteiger partial charge is 0.208 e. The second-order valence-corrected chi connectivity index (χ2v) is 10.9. The predicted octanol–water partition coefficient (Wildman–Crippen LogP) is 3.47. The van der Waals surface area contributed by atoms with Gasteiger partial charge < -0.3 is 0 Å². The predicted molar refractivity (Wildman–Crippen MR) is 189 cm³/mol. The Balaban J connectivity index is 1.31. The molecule has 194 valence electrons. The third-order valence-electron chi connectivity index (χ3n) is 7.94. The molecule has 1 aromatic heterocycles. The van der Waals surface area contributed by atoms with Crippen molar-refractivity contribution in [1.82, 2.24) is 15.0 Å². The molecule has 0 aliphatic carbocycles. The summed E-state index contributed by atoms with van der Waals surface area (Å²) in [6, 6.07) is 34.4. The molecule has 0 N–H and O–H groups in total. The van der Waals surface area contributed by atoms with Crippen LogP contribution >= 0.6 is 11.6 Å². The van der Waals surface area contributed by atoms with Gasteiger partial charge in [0.2, 0.25) is 5.28 Å². The van der Waals surface area contributed by atoms with Crippen LogP contribution in [0.3, 0.4) is 0 Å². The number of nitrogens with zero attached hydrogens (tertiary/aromatic N) is 3. The lowest BCUT2D eigenvalue weighted by atomic mass is 9.59. The fourth-order valence-electron chi connectivity index (χ4n) is 5.68. The van der Waals surface area contributed by atoms with Crippen molar-refractivity contribution >= 4 is 99.7 Å². The largest absolute Gasteiger partial charge is 0.226 e. The summed E-state index contributed by atoms with van der Waals surface area (Å²) >= 11 is 6.49. The molecule has 10 radical (unpaired) electrons. The number of hydrogen-bond acceptors (Lipinski definition) is 3. The quantitative estimate of drug-likeness (QED) is 0.305. The van der Waals surface area contributed by atoms with Crippen molar-refractivity contribution < 1.29 is 0 Å². The Morgan fingerprint density at radius 3 is 1.66 bits per heavy atom. The third kappa shape index (κ3) is 4.84. The van der Waals surface area contributed by atoms with Gasteiger partial charge in [-0.25, -0.2) is 4.98 Å². The molecule has 0 atom stereocenters. The minimum absolute atomic E-state index is 0.112. The summed E-state index contributed by atoms with van der Waals surface area (Å²) in [6.07, 6.45) is 0. The summed E-state index contributed by atoms with van der Waals surface area (Å²) in [4.78, 5) is 13.9. The molecule has 7 rings (SSSR count). The van der Waals surface area contributed by atoms with Crippen molar-refractivity contribution in [2.45, 2.75) is 0 Å². The van der Waals surface area contributed by atoms with Crippen molar-refractivity contribution in [2.75, 3.05) is 0 Å². The standard InChI is InChI=1S/C35H17B5ClN3/c36-28-27(29(37)31(39)32(40)30(28)38)21-14-12-20-17-22(15-13-19(20)16-21)33-42-34(44-35(41)43-33)26-11-5-9-24-23(8-4-10-25(24)26)18-6-2-1-3-7-18/h1-17H. The molecule has 7 aromatic rings. The van der Waals surface area contributed by atoms with Gasteiger partial charge >= 0.3 is 0 Å². The van der Waals surface area contributed by atoms with E-state index in [2.05, 4.69) is 40.3 Å². The van der Waals surface area contributed by atoms with E-state index in [1.165, 1.54) is 0 Å². The fraction of sp³-hybridized carbons (Fsp3) is 0. The first-order chi connectivity index (χ1) is 21.3. The molecule has 3 nitrogen and oxygen atoms in total. The summed E-state index contributed by atoms with van der Waals surface area (Å²) in [7, 11) is 30.8. The van der Waals surface area contributed by atoms with E-state index in [4.69, 9.17) is 55.8 Å². The molecule has 44 heavy (non-hydrogen) atoms. The Morgan fingerprint density at radius 1 is 0.432 bits per heavy atom. The zero-order valence-corrected chi connectivity index (χ0v) is 24.2. The van der Waals surface area contributed by atoms with E-state index in [0.29, 0.717) is 28.1 Å². The van der Waals surface area contributed by atoms with E-state index < -0.39 is 0 Å². The number of rotatable bonds is 4. The molecule has 0 spiro atoms. The van der Waals surface area contributed by atoms with E-state index in [1.807, 2.05) is 72.8 Å². The van der Waals surface area contributed by atoms with Gasteiger partial charge in [0.1, 0.15) is 39.2 Å². The van der Waals surface area contributed by atoms with E-state index >= 15 is 0 Å². The zero-order chi connectivity index (χ0) is 30.5. The molecule has 0 unspecified atom stereocenters. The van der Waals surface area contributed by atoms with Gasteiger partial charge in [-0.05, 0) is 67.5 Å². The highest BCUT2D eigenvalue weighted by Gasteiger charge is 2.16. The van der Waals surface area contributed by atoms with Crippen LogP contribution in [-0.4, -0.2) is 54.2 Å². The molecular weight excluding hydrogens is 552 g/mol.